The smallest absolute Gasteiger partial charge is 0.302 e. The molecule has 0 spiro atoms. The molecule has 3 nitrogen and oxygen atoms in total. The minimum absolute atomic E-state index is 0.0485. The van der Waals surface area contributed by atoms with Crippen LogP contribution in [-0.2, 0) is 14.3 Å². The van der Waals surface area contributed by atoms with Crippen LogP contribution in [0.3, 0.4) is 0 Å². The van der Waals surface area contributed by atoms with Gasteiger partial charge in [0.25, 0.3) is 0 Å². The molecule has 0 aromatic rings. The number of allylic oxidation sites excluding steroid dienone is 1. The maximum atomic E-state index is 13.6. The van der Waals surface area contributed by atoms with Gasteiger partial charge in [0.1, 0.15) is 6.10 Å². The van der Waals surface area contributed by atoms with Crippen LogP contribution >= 0.6 is 0 Å². The SMILES string of the molecule is CC(=O)O[C@@H]1CC[C@]2(C)C(=CC(=O)[C@H]3[C@@H]4CC[C@@H]([C@H](C)CCCC(C)C)[C@@]4(C)CC[C@@H]32)C1. The molecule has 0 aliphatic heterocycles. The zero-order valence-electron chi connectivity index (χ0n) is 21.4. The van der Waals surface area contributed by atoms with E-state index in [1.807, 2.05) is 6.08 Å². The zero-order valence-corrected chi connectivity index (χ0v) is 21.4. The van der Waals surface area contributed by atoms with E-state index in [0.717, 1.165) is 37.0 Å². The molecule has 3 fully saturated rings. The first-order chi connectivity index (χ1) is 15.1. The molecule has 4 aliphatic carbocycles. The predicted molar refractivity (Wildman–Crippen MR) is 129 cm³/mol. The van der Waals surface area contributed by atoms with E-state index in [-0.39, 0.29) is 23.4 Å². The number of rotatable bonds is 6. The van der Waals surface area contributed by atoms with Gasteiger partial charge in [-0.15, -0.1) is 0 Å². The molecule has 0 aromatic heterocycles. The minimum atomic E-state index is -0.202. The fourth-order valence-corrected chi connectivity index (χ4v) is 8.73. The second kappa shape index (κ2) is 8.91. The molecule has 0 bridgehead atoms. The predicted octanol–water partition coefficient (Wildman–Crippen LogP) is 7.14. The molecular formula is C29H46O3. The average molecular weight is 443 g/mol. The van der Waals surface area contributed by atoms with Crippen molar-refractivity contribution in [2.24, 2.45) is 46.3 Å². The maximum Gasteiger partial charge on any atom is 0.302 e. The van der Waals surface area contributed by atoms with Crippen LogP contribution in [0, 0.1) is 46.3 Å². The Morgan fingerprint density at radius 3 is 2.50 bits per heavy atom. The molecule has 0 radical (unpaired) electrons. The standard InChI is InChI=1S/C29H46O3/c1-18(2)8-7-9-19(3)23-10-11-24-27-25(13-15-29(23,24)6)28(5)14-12-22(32-20(4)30)16-21(28)17-26(27)31/h17-19,22-25,27H,7-16H2,1-6H3/t19-,22-,23+,24+,25+,27+,28-,29-/m1/s1. The van der Waals surface area contributed by atoms with Gasteiger partial charge in [-0.3, -0.25) is 9.59 Å². The topological polar surface area (TPSA) is 43.4 Å². The third kappa shape index (κ3) is 4.11. The van der Waals surface area contributed by atoms with Gasteiger partial charge < -0.3 is 4.74 Å². The van der Waals surface area contributed by atoms with Crippen molar-refractivity contribution in [2.75, 3.05) is 0 Å². The number of ketones is 1. The molecule has 8 atom stereocenters. The van der Waals surface area contributed by atoms with E-state index in [4.69, 9.17) is 4.74 Å². The molecule has 32 heavy (non-hydrogen) atoms. The number of esters is 1. The van der Waals surface area contributed by atoms with Crippen LogP contribution in [0.2, 0.25) is 0 Å². The number of ether oxygens (including phenoxy) is 1. The van der Waals surface area contributed by atoms with Crippen molar-refractivity contribution >= 4 is 11.8 Å². The summed E-state index contributed by atoms with van der Waals surface area (Å²) in [5, 5.41) is 0. The van der Waals surface area contributed by atoms with E-state index in [1.165, 1.54) is 57.4 Å². The van der Waals surface area contributed by atoms with E-state index < -0.39 is 0 Å². The van der Waals surface area contributed by atoms with Gasteiger partial charge in [0.15, 0.2) is 5.78 Å². The normalized spacial score (nSPS) is 42.0. The summed E-state index contributed by atoms with van der Waals surface area (Å²) in [6.07, 6.45) is 13.7. The van der Waals surface area contributed by atoms with E-state index in [2.05, 4.69) is 34.6 Å². The van der Waals surface area contributed by atoms with Gasteiger partial charge in [-0.1, -0.05) is 59.5 Å². The molecule has 4 rings (SSSR count). The minimum Gasteiger partial charge on any atom is -0.462 e. The molecule has 0 aromatic carbocycles. The fourth-order valence-electron chi connectivity index (χ4n) is 8.73. The summed E-state index contributed by atoms with van der Waals surface area (Å²) in [6, 6.07) is 0. The molecule has 3 saturated carbocycles. The van der Waals surface area contributed by atoms with E-state index in [0.29, 0.717) is 23.0 Å². The van der Waals surface area contributed by atoms with Gasteiger partial charge in [0.05, 0.1) is 0 Å². The van der Waals surface area contributed by atoms with Crippen LogP contribution in [0.5, 0.6) is 0 Å². The summed E-state index contributed by atoms with van der Waals surface area (Å²) in [7, 11) is 0. The Bertz CT molecular complexity index is 766. The molecular weight excluding hydrogens is 396 g/mol. The highest BCUT2D eigenvalue weighted by Crippen LogP contribution is 2.66. The lowest BCUT2D eigenvalue weighted by atomic mass is 9.46. The first kappa shape index (κ1) is 24.0. The highest BCUT2D eigenvalue weighted by Gasteiger charge is 2.61. The van der Waals surface area contributed by atoms with Gasteiger partial charge in [-0.2, -0.15) is 0 Å². The van der Waals surface area contributed by atoms with E-state index in [1.54, 1.807) is 0 Å². The van der Waals surface area contributed by atoms with E-state index >= 15 is 0 Å². The third-order valence-electron chi connectivity index (χ3n) is 10.4. The van der Waals surface area contributed by atoms with Gasteiger partial charge in [0, 0.05) is 19.3 Å². The summed E-state index contributed by atoms with van der Waals surface area (Å²) in [5.41, 5.74) is 1.70. The fraction of sp³-hybridized carbons (Fsp3) is 0.862. The Labute approximate surface area is 196 Å². The summed E-state index contributed by atoms with van der Waals surface area (Å²) in [6.45, 7) is 13.6. The monoisotopic (exact) mass is 442 g/mol. The molecule has 0 unspecified atom stereocenters. The Morgan fingerprint density at radius 2 is 1.81 bits per heavy atom. The van der Waals surface area contributed by atoms with Crippen LogP contribution in [0.15, 0.2) is 11.6 Å². The van der Waals surface area contributed by atoms with Crippen LogP contribution in [0.1, 0.15) is 106 Å². The van der Waals surface area contributed by atoms with Gasteiger partial charge in [-0.05, 0) is 85.0 Å². The number of hydrogen-bond donors (Lipinski definition) is 0. The van der Waals surface area contributed by atoms with Crippen molar-refractivity contribution in [1.29, 1.82) is 0 Å². The van der Waals surface area contributed by atoms with Gasteiger partial charge in [0.2, 0.25) is 0 Å². The van der Waals surface area contributed by atoms with Gasteiger partial charge in [-0.25, -0.2) is 0 Å². The van der Waals surface area contributed by atoms with Crippen LogP contribution < -0.4 is 0 Å². The Kier molecular flexibility index (Phi) is 6.69. The van der Waals surface area contributed by atoms with Gasteiger partial charge >= 0.3 is 5.97 Å². The van der Waals surface area contributed by atoms with Crippen molar-refractivity contribution in [2.45, 2.75) is 112 Å². The molecule has 0 amide bonds. The van der Waals surface area contributed by atoms with Crippen LogP contribution in [0.4, 0.5) is 0 Å². The lowest BCUT2D eigenvalue weighted by Crippen LogP contribution is -2.53. The van der Waals surface area contributed by atoms with Crippen molar-refractivity contribution < 1.29 is 14.3 Å². The Morgan fingerprint density at radius 1 is 1.06 bits per heavy atom. The summed E-state index contributed by atoms with van der Waals surface area (Å²) in [5.74, 6) is 3.74. The molecule has 0 N–H and O–H groups in total. The van der Waals surface area contributed by atoms with Crippen molar-refractivity contribution in [3.05, 3.63) is 11.6 Å². The first-order valence-electron chi connectivity index (χ1n) is 13.5. The molecule has 0 saturated heterocycles. The zero-order chi connectivity index (χ0) is 23.3. The molecule has 180 valence electrons. The summed E-state index contributed by atoms with van der Waals surface area (Å²) in [4.78, 5) is 25.1. The lowest BCUT2D eigenvalue weighted by molar-refractivity contribution is -0.149. The number of hydrogen-bond acceptors (Lipinski definition) is 3. The average Bonchev–Trinajstić information content (AvgIpc) is 3.05. The first-order valence-corrected chi connectivity index (χ1v) is 13.5. The Balaban J connectivity index is 1.52. The quantitative estimate of drug-likeness (QED) is 0.411. The van der Waals surface area contributed by atoms with Crippen molar-refractivity contribution in [3.8, 4) is 0 Å². The van der Waals surface area contributed by atoms with Crippen molar-refractivity contribution in [1.82, 2.24) is 0 Å². The highest BCUT2D eigenvalue weighted by atomic mass is 16.5. The highest BCUT2D eigenvalue weighted by molar-refractivity contribution is 5.94. The second-order valence-corrected chi connectivity index (χ2v) is 12.7. The summed E-state index contributed by atoms with van der Waals surface area (Å²) >= 11 is 0. The number of carbonyl (C=O) groups is 2. The largest absolute Gasteiger partial charge is 0.462 e. The molecule has 4 aliphatic rings. The Hall–Kier alpha value is -1.12. The molecule has 3 heteroatoms. The number of carbonyl (C=O) groups excluding carboxylic acids is 2. The number of fused-ring (bicyclic) bond motifs is 5. The lowest BCUT2D eigenvalue weighted by Gasteiger charge is -2.57. The molecule has 0 heterocycles. The van der Waals surface area contributed by atoms with E-state index in [9.17, 15) is 9.59 Å². The summed E-state index contributed by atoms with van der Waals surface area (Å²) < 4.78 is 5.54. The third-order valence-corrected chi connectivity index (χ3v) is 10.4. The van der Waals surface area contributed by atoms with Crippen molar-refractivity contribution in [3.63, 3.8) is 0 Å². The van der Waals surface area contributed by atoms with Crippen LogP contribution in [-0.4, -0.2) is 17.9 Å². The maximum absolute atomic E-state index is 13.6. The second-order valence-electron chi connectivity index (χ2n) is 12.7. The van der Waals surface area contributed by atoms with Crippen LogP contribution in [0.25, 0.3) is 0 Å².